The lowest BCUT2D eigenvalue weighted by atomic mass is 10.3. The van der Waals surface area contributed by atoms with Crippen LogP contribution < -0.4 is 5.73 Å². The Morgan fingerprint density at radius 1 is 1.53 bits per heavy atom. The van der Waals surface area contributed by atoms with Crippen molar-refractivity contribution in [3.63, 3.8) is 0 Å². The van der Waals surface area contributed by atoms with Gasteiger partial charge in [-0.2, -0.15) is 10.1 Å². The van der Waals surface area contributed by atoms with Crippen molar-refractivity contribution in [3.8, 4) is 11.6 Å². The van der Waals surface area contributed by atoms with Crippen LogP contribution in [0, 0.1) is 6.92 Å². The van der Waals surface area contributed by atoms with Gasteiger partial charge < -0.3 is 10.3 Å². The fourth-order valence-electron chi connectivity index (χ4n) is 1.33. The number of nitrogens with two attached hydrogens (primary N) is 1. The second-order valence-corrected chi connectivity index (χ2v) is 3.54. The Kier molecular flexibility index (Phi) is 2.28. The Hall–Kier alpha value is -1.69. The van der Waals surface area contributed by atoms with Gasteiger partial charge in [0.15, 0.2) is 5.82 Å². The lowest BCUT2D eigenvalue weighted by molar-refractivity contribution is 0.415. The van der Waals surface area contributed by atoms with Crippen LogP contribution in [0.4, 0.5) is 0 Å². The van der Waals surface area contributed by atoms with Gasteiger partial charge in [0.25, 0.3) is 5.89 Å². The van der Waals surface area contributed by atoms with E-state index in [9.17, 15) is 0 Å². The number of aryl methyl sites for hydroxylation is 2. The molecule has 0 radical (unpaired) electrons. The first-order valence-electron chi connectivity index (χ1n) is 4.68. The fourth-order valence-corrected chi connectivity index (χ4v) is 1.33. The zero-order valence-corrected chi connectivity index (χ0v) is 8.93. The first-order chi connectivity index (χ1) is 7.08. The quantitative estimate of drug-likeness (QED) is 0.787. The minimum absolute atomic E-state index is 0.225. The minimum atomic E-state index is -0.225. The Morgan fingerprint density at radius 3 is 2.73 bits per heavy atom. The molecule has 2 rings (SSSR count). The van der Waals surface area contributed by atoms with Crippen LogP contribution >= 0.6 is 0 Å². The molecule has 0 bridgehead atoms. The van der Waals surface area contributed by atoms with Gasteiger partial charge in [-0.05, 0) is 19.9 Å². The summed E-state index contributed by atoms with van der Waals surface area (Å²) in [5.74, 6) is 0.953. The van der Waals surface area contributed by atoms with Crippen LogP contribution in [0.2, 0.25) is 0 Å². The van der Waals surface area contributed by atoms with Gasteiger partial charge in [-0.15, -0.1) is 0 Å². The van der Waals surface area contributed by atoms with E-state index in [-0.39, 0.29) is 6.04 Å². The van der Waals surface area contributed by atoms with Gasteiger partial charge in [0.05, 0.1) is 11.7 Å². The monoisotopic (exact) mass is 207 g/mol. The highest BCUT2D eigenvalue weighted by Gasteiger charge is 2.14. The maximum absolute atomic E-state index is 5.64. The highest BCUT2D eigenvalue weighted by atomic mass is 16.5. The normalized spacial score (nSPS) is 13.1. The van der Waals surface area contributed by atoms with Crippen molar-refractivity contribution in [2.75, 3.05) is 0 Å². The van der Waals surface area contributed by atoms with E-state index in [0.717, 1.165) is 11.4 Å². The molecule has 0 aliphatic carbocycles. The van der Waals surface area contributed by atoms with Crippen LogP contribution in [0.15, 0.2) is 10.6 Å². The summed E-state index contributed by atoms with van der Waals surface area (Å²) >= 11 is 0. The van der Waals surface area contributed by atoms with Gasteiger partial charge in [0.2, 0.25) is 0 Å². The van der Waals surface area contributed by atoms with E-state index in [2.05, 4.69) is 15.2 Å². The smallest absolute Gasteiger partial charge is 0.276 e. The van der Waals surface area contributed by atoms with Crippen molar-refractivity contribution in [2.24, 2.45) is 12.8 Å². The highest BCUT2D eigenvalue weighted by Crippen LogP contribution is 2.18. The molecular formula is C9H13N5O. The van der Waals surface area contributed by atoms with Gasteiger partial charge in [0, 0.05) is 7.05 Å². The zero-order valence-electron chi connectivity index (χ0n) is 8.93. The maximum Gasteiger partial charge on any atom is 0.276 e. The van der Waals surface area contributed by atoms with E-state index in [1.165, 1.54) is 0 Å². The Labute approximate surface area is 87.1 Å². The summed E-state index contributed by atoms with van der Waals surface area (Å²) in [7, 11) is 1.83. The van der Waals surface area contributed by atoms with E-state index < -0.39 is 0 Å². The third kappa shape index (κ3) is 1.75. The number of hydrogen-bond acceptors (Lipinski definition) is 5. The molecule has 0 fully saturated rings. The molecule has 0 aliphatic rings. The van der Waals surface area contributed by atoms with E-state index in [1.807, 2.05) is 27.0 Å². The molecule has 0 saturated carbocycles. The largest absolute Gasteiger partial charge is 0.332 e. The predicted molar refractivity (Wildman–Crippen MR) is 53.8 cm³/mol. The Morgan fingerprint density at radius 2 is 2.27 bits per heavy atom. The molecule has 2 N–H and O–H groups in total. The number of hydrogen-bond donors (Lipinski definition) is 1. The van der Waals surface area contributed by atoms with Crippen molar-refractivity contribution in [2.45, 2.75) is 19.9 Å². The molecule has 2 aromatic rings. The fraction of sp³-hybridized carbons (Fsp3) is 0.444. The van der Waals surface area contributed by atoms with Gasteiger partial charge in [-0.1, -0.05) is 5.16 Å². The molecule has 6 heteroatoms. The lowest BCUT2D eigenvalue weighted by Gasteiger charge is -1.94. The molecule has 0 spiro atoms. The number of rotatable bonds is 2. The summed E-state index contributed by atoms with van der Waals surface area (Å²) in [6, 6.07) is 1.66. The molecular weight excluding hydrogens is 194 g/mol. The summed E-state index contributed by atoms with van der Waals surface area (Å²) in [6.45, 7) is 3.72. The second-order valence-electron chi connectivity index (χ2n) is 3.54. The Bertz CT molecular complexity index is 471. The van der Waals surface area contributed by atoms with Gasteiger partial charge in [0.1, 0.15) is 5.69 Å². The van der Waals surface area contributed by atoms with Crippen molar-refractivity contribution in [1.82, 2.24) is 19.9 Å². The molecule has 15 heavy (non-hydrogen) atoms. The second kappa shape index (κ2) is 3.47. The molecule has 2 heterocycles. The standard InChI is InChI=1S/C9H13N5O/c1-5-4-7(14(3)12-5)9-11-8(6(2)10)13-15-9/h4,6H,10H2,1-3H3. The molecule has 6 nitrogen and oxygen atoms in total. The number of nitrogens with zero attached hydrogens (tertiary/aromatic N) is 4. The summed E-state index contributed by atoms with van der Waals surface area (Å²) < 4.78 is 6.81. The van der Waals surface area contributed by atoms with Crippen LogP contribution in [0.5, 0.6) is 0 Å². The average molecular weight is 207 g/mol. The zero-order chi connectivity index (χ0) is 11.0. The van der Waals surface area contributed by atoms with Crippen LogP contribution in [-0.4, -0.2) is 19.9 Å². The summed E-state index contributed by atoms with van der Waals surface area (Å²) in [5.41, 5.74) is 7.35. The predicted octanol–water partition coefficient (Wildman–Crippen LogP) is 0.798. The molecule has 0 saturated heterocycles. The van der Waals surface area contributed by atoms with Crippen molar-refractivity contribution in [3.05, 3.63) is 17.6 Å². The van der Waals surface area contributed by atoms with E-state index >= 15 is 0 Å². The van der Waals surface area contributed by atoms with E-state index in [4.69, 9.17) is 10.3 Å². The highest BCUT2D eigenvalue weighted by molar-refractivity contribution is 5.47. The molecule has 0 aliphatic heterocycles. The third-order valence-electron chi connectivity index (χ3n) is 2.07. The topological polar surface area (TPSA) is 82.8 Å². The summed E-state index contributed by atoms with van der Waals surface area (Å²) in [4.78, 5) is 4.19. The van der Waals surface area contributed by atoms with Crippen LogP contribution in [-0.2, 0) is 7.05 Å². The number of aromatic nitrogens is 4. The molecule has 0 aromatic carbocycles. The average Bonchev–Trinajstić information content (AvgIpc) is 2.71. The minimum Gasteiger partial charge on any atom is -0.332 e. The maximum atomic E-state index is 5.64. The van der Waals surface area contributed by atoms with Crippen molar-refractivity contribution >= 4 is 0 Å². The first-order valence-corrected chi connectivity index (χ1v) is 4.68. The molecule has 2 aromatic heterocycles. The summed E-state index contributed by atoms with van der Waals surface area (Å²) in [5, 5.41) is 7.99. The van der Waals surface area contributed by atoms with Gasteiger partial charge >= 0.3 is 0 Å². The Balaban J connectivity index is 2.41. The van der Waals surface area contributed by atoms with Crippen LogP contribution in [0.3, 0.4) is 0 Å². The summed E-state index contributed by atoms with van der Waals surface area (Å²) in [6.07, 6.45) is 0. The first kappa shape index (κ1) is 9.85. The van der Waals surface area contributed by atoms with Crippen LogP contribution in [0.25, 0.3) is 11.6 Å². The molecule has 1 atom stereocenters. The van der Waals surface area contributed by atoms with Gasteiger partial charge in [-0.25, -0.2) is 0 Å². The molecule has 80 valence electrons. The lowest BCUT2D eigenvalue weighted by Crippen LogP contribution is -2.06. The molecule has 0 amide bonds. The van der Waals surface area contributed by atoms with Gasteiger partial charge in [-0.3, -0.25) is 4.68 Å². The van der Waals surface area contributed by atoms with Crippen LogP contribution in [0.1, 0.15) is 24.5 Å². The molecule has 1 unspecified atom stereocenters. The van der Waals surface area contributed by atoms with Crippen molar-refractivity contribution < 1.29 is 4.52 Å². The van der Waals surface area contributed by atoms with E-state index in [1.54, 1.807) is 4.68 Å². The van der Waals surface area contributed by atoms with Crippen molar-refractivity contribution in [1.29, 1.82) is 0 Å². The third-order valence-corrected chi connectivity index (χ3v) is 2.07. The SMILES string of the molecule is Cc1cc(-c2nc(C(C)N)no2)n(C)n1. The van der Waals surface area contributed by atoms with E-state index in [0.29, 0.717) is 11.7 Å².